The van der Waals surface area contributed by atoms with Crippen molar-refractivity contribution in [3.63, 3.8) is 0 Å². The van der Waals surface area contributed by atoms with Crippen LogP contribution in [0.25, 0.3) is 0 Å². The van der Waals surface area contributed by atoms with Crippen LogP contribution in [0.2, 0.25) is 0 Å². The number of nitrogens with zero attached hydrogens (tertiary/aromatic N) is 1. The number of carbonyl (C=O) groups excluding carboxylic acids is 1. The first kappa shape index (κ1) is 13.0. The molecular weight excluding hydrogens is 236 g/mol. The molecule has 19 heavy (non-hydrogen) atoms. The third-order valence-electron chi connectivity index (χ3n) is 5.82. The summed E-state index contributed by atoms with van der Waals surface area (Å²) in [7, 11) is 0. The lowest BCUT2D eigenvalue weighted by Gasteiger charge is -2.56. The van der Waals surface area contributed by atoms with Crippen LogP contribution in [0.15, 0.2) is 0 Å². The summed E-state index contributed by atoms with van der Waals surface area (Å²) in [5, 5.41) is 11.4. The van der Waals surface area contributed by atoms with E-state index in [4.69, 9.17) is 5.26 Å². The molecular formula is C16H24N2O. The van der Waals surface area contributed by atoms with E-state index in [-0.39, 0.29) is 12.3 Å². The van der Waals surface area contributed by atoms with E-state index in [9.17, 15) is 4.79 Å². The molecule has 0 saturated heterocycles. The van der Waals surface area contributed by atoms with Crippen molar-refractivity contribution in [2.45, 2.75) is 45.4 Å². The van der Waals surface area contributed by atoms with Crippen molar-refractivity contribution in [1.82, 2.24) is 5.32 Å². The SMILES string of the molecule is CC(CNC(=O)CC#N)C1C2CC3CC(C2)CC1C3. The number of amides is 1. The largest absolute Gasteiger partial charge is 0.355 e. The topological polar surface area (TPSA) is 52.9 Å². The van der Waals surface area contributed by atoms with Crippen LogP contribution in [-0.4, -0.2) is 12.5 Å². The fourth-order valence-electron chi connectivity index (χ4n) is 5.44. The van der Waals surface area contributed by atoms with E-state index in [0.717, 1.165) is 36.1 Å². The summed E-state index contributed by atoms with van der Waals surface area (Å²) in [4.78, 5) is 11.4. The maximum atomic E-state index is 11.4. The molecule has 1 unspecified atom stereocenters. The third kappa shape index (κ3) is 2.50. The Kier molecular flexibility index (Phi) is 3.52. The predicted octanol–water partition coefficient (Wildman–Crippen LogP) is 2.72. The van der Waals surface area contributed by atoms with Gasteiger partial charge in [0.15, 0.2) is 0 Å². The van der Waals surface area contributed by atoms with Gasteiger partial charge in [-0.3, -0.25) is 4.79 Å². The Hall–Kier alpha value is -1.04. The standard InChI is InChI=1S/C16H24N2O/c1-10(9-18-15(19)2-3-17)16-13-5-11-4-12(7-13)8-14(16)6-11/h10-14,16H,2,4-9H2,1H3,(H,18,19). The lowest BCUT2D eigenvalue weighted by molar-refractivity contribution is -0.120. The summed E-state index contributed by atoms with van der Waals surface area (Å²) in [6.45, 7) is 3.05. The summed E-state index contributed by atoms with van der Waals surface area (Å²) in [6, 6.07) is 1.91. The summed E-state index contributed by atoms with van der Waals surface area (Å²) in [5.74, 6) is 5.13. The molecule has 3 heteroatoms. The molecule has 1 amide bonds. The predicted molar refractivity (Wildman–Crippen MR) is 72.9 cm³/mol. The second-order valence-electron chi connectivity index (χ2n) is 7.12. The van der Waals surface area contributed by atoms with Crippen molar-refractivity contribution in [1.29, 1.82) is 5.26 Å². The first-order valence-corrected chi connectivity index (χ1v) is 7.81. The van der Waals surface area contributed by atoms with E-state index in [2.05, 4.69) is 12.2 Å². The summed E-state index contributed by atoms with van der Waals surface area (Å²) in [5.41, 5.74) is 0. The molecule has 0 aromatic heterocycles. The van der Waals surface area contributed by atoms with Crippen molar-refractivity contribution in [3.05, 3.63) is 0 Å². The first-order chi connectivity index (χ1) is 9.17. The van der Waals surface area contributed by atoms with Crippen LogP contribution in [0.1, 0.15) is 45.4 Å². The second-order valence-corrected chi connectivity index (χ2v) is 7.12. The first-order valence-electron chi connectivity index (χ1n) is 7.81. The highest BCUT2D eigenvalue weighted by Gasteiger charge is 2.49. The van der Waals surface area contributed by atoms with Gasteiger partial charge in [0.05, 0.1) is 6.07 Å². The van der Waals surface area contributed by atoms with Crippen LogP contribution in [0.5, 0.6) is 0 Å². The highest BCUT2D eigenvalue weighted by Crippen LogP contribution is 2.58. The highest BCUT2D eigenvalue weighted by molar-refractivity contribution is 5.77. The molecule has 104 valence electrons. The van der Waals surface area contributed by atoms with Crippen molar-refractivity contribution in [3.8, 4) is 6.07 Å². The Bertz CT molecular complexity index is 370. The summed E-state index contributed by atoms with van der Waals surface area (Å²) < 4.78 is 0. The van der Waals surface area contributed by atoms with E-state index < -0.39 is 0 Å². The molecule has 4 rings (SSSR count). The Morgan fingerprint density at radius 2 is 1.79 bits per heavy atom. The van der Waals surface area contributed by atoms with Gasteiger partial charge < -0.3 is 5.32 Å². The van der Waals surface area contributed by atoms with Crippen LogP contribution in [0.3, 0.4) is 0 Å². The van der Waals surface area contributed by atoms with Crippen LogP contribution in [-0.2, 0) is 4.79 Å². The van der Waals surface area contributed by atoms with E-state index in [1.165, 1.54) is 32.1 Å². The molecule has 4 aliphatic rings. The molecule has 0 aliphatic heterocycles. The van der Waals surface area contributed by atoms with E-state index in [1.54, 1.807) is 0 Å². The minimum Gasteiger partial charge on any atom is -0.355 e. The van der Waals surface area contributed by atoms with E-state index in [1.807, 2.05) is 6.07 Å². The van der Waals surface area contributed by atoms with Gasteiger partial charge in [0, 0.05) is 6.54 Å². The minimum absolute atomic E-state index is 0.00556. The molecule has 4 bridgehead atoms. The van der Waals surface area contributed by atoms with Crippen molar-refractivity contribution >= 4 is 5.91 Å². The third-order valence-corrected chi connectivity index (χ3v) is 5.82. The van der Waals surface area contributed by atoms with Gasteiger partial charge in [-0.15, -0.1) is 0 Å². The molecule has 1 N–H and O–H groups in total. The number of carbonyl (C=O) groups is 1. The fourth-order valence-corrected chi connectivity index (χ4v) is 5.44. The lowest BCUT2D eigenvalue weighted by Crippen LogP contribution is -2.49. The Morgan fingerprint density at radius 1 is 1.21 bits per heavy atom. The van der Waals surface area contributed by atoms with Gasteiger partial charge in [0.25, 0.3) is 0 Å². The van der Waals surface area contributed by atoms with E-state index in [0.29, 0.717) is 5.92 Å². The smallest absolute Gasteiger partial charge is 0.234 e. The Morgan fingerprint density at radius 3 is 2.32 bits per heavy atom. The molecule has 0 aromatic carbocycles. The molecule has 3 nitrogen and oxygen atoms in total. The molecule has 4 saturated carbocycles. The second kappa shape index (κ2) is 5.15. The fraction of sp³-hybridized carbons (Fsp3) is 0.875. The van der Waals surface area contributed by atoms with Crippen LogP contribution in [0.4, 0.5) is 0 Å². The normalized spacial score (nSPS) is 40.7. The molecule has 1 atom stereocenters. The molecule has 4 fully saturated rings. The van der Waals surface area contributed by atoms with Gasteiger partial charge in [-0.1, -0.05) is 6.92 Å². The van der Waals surface area contributed by atoms with Crippen LogP contribution in [0, 0.1) is 46.8 Å². The van der Waals surface area contributed by atoms with E-state index >= 15 is 0 Å². The zero-order chi connectivity index (χ0) is 13.4. The molecule has 0 aromatic rings. The molecule has 4 aliphatic carbocycles. The van der Waals surface area contributed by atoms with Crippen LogP contribution < -0.4 is 5.32 Å². The van der Waals surface area contributed by atoms with Gasteiger partial charge in [-0.25, -0.2) is 0 Å². The van der Waals surface area contributed by atoms with Crippen molar-refractivity contribution < 1.29 is 4.79 Å². The van der Waals surface area contributed by atoms with Gasteiger partial charge >= 0.3 is 0 Å². The van der Waals surface area contributed by atoms with Gasteiger partial charge in [0.1, 0.15) is 6.42 Å². The summed E-state index contributed by atoms with van der Waals surface area (Å²) in [6.07, 6.45) is 7.24. The number of rotatable bonds is 4. The maximum Gasteiger partial charge on any atom is 0.234 e. The van der Waals surface area contributed by atoms with Gasteiger partial charge in [0.2, 0.25) is 5.91 Å². The van der Waals surface area contributed by atoms with Gasteiger partial charge in [-0.05, 0) is 67.6 Å². The summed E-state index contributed by atoms with van der Waals surface area (Å²) >= 11 is 0. The maximum absolute atomic E-state index is 11.4. The Labute approximate surface area is 115 Å². The number of hydrogen-bond acceptors (Lipinski definition) is 2. The molecule has 0 radical (unpaired) electrons. The average molecular weight is 260 g/mol. The quantitative estimate of drug-likeness (QED) is 0.845. The minimum atomic E-state index is -0.113. The van der Waals surface area contributed by atoms with Gasteiger partial charge in [-0.2, -0.15) is 5.26 Å². The highest BCUT2D eigenvalue weighted by atomic mass is 16.1. The molecule has 0 spiro atoms. The van der Waals surface area contributed by atoms with Crippen LogP contribution >= 0.6 is 0 Å². The zero-order valence-electron chi connectivity index (χ0n) is 11.8. The number of nitrogens with one attached hydrogen (secondary N) is 1. The molecule has 0 heterocycles. The zero-order valence-corrected chi connectivity index (χ0v) is 11.8. The lowest BCUT2D eigenvalue weighted by atomic mass is 9.50. The van der Waals surface area contributed by atoms with Crippen molar-refractivity contribution in [2.75, 3.05) is 6.54 Å². The average Bonchev–Trinajstić information content (AvgIpc) is 2.35. The Balaban J connectivity index is 1.57. The monoisotopic (exact) mass is 260 g/mol. The van der Waals surface area contributed by atoms with Crippen molar-refractivity contribution in [2.24, 2.45) is 35.5 Å². The number of nitriles is 1. The number of hydrogen-bond donors (Lipinski definition) is 1.